The van der Waals surface area contributed by atoms with Gasteiger partial charge in [0, 0.05) is 18.6 Å². The highest BCUT2D eigenvalue weighted by atomic mass is 16.5. The molecular weight excluding hydrogens is 208 g/mol. The Bertz CT molecular complexity index is 232. The minimum absolute atomic E-state index is 0.0209. The van der Waals surface area contributed by atoms with Gasteiger partial charge in [0.2, 0.25) is 0 Å². The lowest BCUT2D eigenvalue weighted by Gasteiger charge is -2.30. The standard InChI is InChI=1S/C11H22N2O3/c1-9(16-8-11(2,3)12)10(14)13-4-6-15-7-5-13/h9H,4-8,12H2,1-3H3. The predicted octanol–water partition coefficient (Wildman–Crippen LogP) is -0.0124. The fourth-order valence-corrected chi connectivity index (χ4v) is 1.45. The summed E-state index contributed by atoms with van der Waals surface area (Å²) in [6, 6.07) is 0. The Morgan fingerprint density at radius 1 is 1.50 bits per heavy atom. The van der Waals surface area contributed by atoms with E-state index in [4.69, 9.17) is 15.2 Å². The zero-order chi connectivity index (χ0) is 12.2. The zero-order valence-corrected chi connectivity index (χ0v) is 10.4. The second-order valence-corrected chi connectivity index (χ2v) is 4.88. The molecule has 1 unspecified atom stereocenters. The van der Waals surface area contributed by atoms with Crippen LogP contribution in [-0.2, 0) is 14.3 Å². The minimum atomic E-state index is -0.430. The van der Waals surface area contributed by atoms with Crippen molar-refractivity contribution in [3.05, 3.63) is 0 Å². The summed E-state index contributed by atoms with van der Waals surface area (Å²) in [5.74, 6) is 0.0209. The van der Waals surface area contributed by atoms with Crippen LogP contribution in [0.25, 0.3) is 0 Å². The molecule has 1 fully saturated rings. The van der Waals surface area contributed by atoms with Crippen molar-refractivity contribution in [1.29, 1.82) is 0 Å². The molecule has 16 heavy (non-hydrogen) atoms. The van der Waals surface area contributed by atoms with Gasteiger partial charge in [-0.2, -0.15) is 0 Å². The number of amides is 1. The largest absolute Gasteiger partial charge is 0.378 e. The molecule has 1 rings (SSSR count). The topological polar surface area (TPSA) is 64.8 Å². The van der Waals surface area contributed by atoms with E-state index in [-0.39, 0.29) is 5.91 Å². The summed E-state index contributed by atoms with van der Waals surface area (Å²) in [5, 5.41) is 0. The smallest absolute Gasteiger partial charge is 0.251 e. The number of nitrogens with zero attached hydrogens (tertiary/aromatic N) is 1. The Kier molecular flexibility index (Phi) is 4.70. The fourth-order valence-electron chi connectivity index (χ4n) is 1.45. The van der Waals surface area contributed by atoms with E-state index in [0.29, 0.717) is 32.9 Å². The molecule has 1 amide bonds. The van der Waals surface area contributed by atoms with Crippen LogP contribution in [0.4, 0.5) is 0 Å². The third-order valence-corrected chi connectivity index (χ3v) is 2.38. The number of hydrogen-bond donors (Lipinski definition) is 1. The lowest BCUT2D eigenvalue weighted by Crippen LogP contribution is -2.47. The molecule has 5 heteroatoms. The first-order chi connectivity index (χ1) is 7.40. The van der Waals surface area contributed by atoms with Gasteiger partial charge in [-0.25, -0.2) is 0 Å². The van der Waals surface area contributed by atoms with Crippen molar-refractivity contribution in [3.63, 3.8) is 0 Å². The number of carbonyl (C=O) groups excluding carboxylic acids is 1. The third kappa shape index (κ3) is 4.47. The summed E-state index contributed by atoms with van der Waals surface area (Å²) in [4.78, 5) is 13.7. The molecule has 1 aliphatic rings. The molecule has 1 atom stereocenters. The average Bonchev–Trinajstić information content (AvgIpc) is 2.25. The molecule has 1 aliphatic heterocycles. The molecule has 0 aromatic rings. The van der Waals surface area contributed by atoms with Gasteiger partial charge in [0.1, 0.15) is 6.10 Å². The number of ether oxygens (including phenoxy) is 2. The van der Waals surface area contributed by atoms with Crippen LogP contribution < -0.4 is 5.73 Å². The van der Waals surface area contributed by atoms with Crippen LogP contribution in [0.5, 0.6) is 0 Å². The van der Waals surface area contributed by atoms with E-state index in [0.717, 1.165) is 0 Å². The summed E-state index contributed by atoms with van der Waals surface area (Å²) < 4.78 is 10.7. The molecule has 5 nitrogen and oxygen atoms in total. The molecule has 0 aromatic carbocycles. The van der Waals surface area contributed by atoms with Crippen LogP contribution in [0.15, 0.2) is 0 Å². The van der Waals surface area contributed by atoms with Gasteiger partial charge in [-0.15, -0.1) is 0 Å². The first-order valence-electron chi connectivity index (χ1n) is 5.67. The number of nitrogens with two attached hydrogens (primary N) is 1. The summed E-state index contributed by atoms with van der Waals surface area (Å²) >= 11 is 0. The Hall–Kier alpha value is -0.650. The van der Waals surface area contributed by atoms with Gasteiger partial charge in [-0.05, 0) is 20.8 Å². The van der Waals surface area contributed by atoms with Crippen LogP contribution in [-0.4, -0.2) is 55.4 Å². The van der Waals surface area contributed by atoms with Crippen molar-refractivity contribution >= 4 is 5.91 Å². The van der Waals surface area contributed by atoms with E-state index >= 15 is 0 Å². The summed E-state index contributed by atoms with van der Waals surface area (Å²) in [6.07, 6.45) is -0.430. The third-order valence-electron chi connectivity index (χ3n) is 2.38. The monoisotopic (exact) mass is 230 g/mol. The number of hydrogen-bond acceptors (Lipinski definition) is 4. The molecular formula is C11H22N2O3. The molecule has 0 aromatic heterocycles. The molecule has 0 saturated carbocycles. The molecule has 0 bridgehead atoms. The van der Waals surface area contributed by atoms with Gasteiger partial charge in [-0.3, -0.25) is 4.79 Å². The molecule has 0 spiro atoms. The summed E-state index contributed by atoms with van der Waals surface area (Å²) in [5.41, 5.74) is 5.39. The van der Waals surface area contributed by atoms with Gasteiger partial charge in [0.05, 0.1) is 19.8 Å². The number of morpholine rings is 1. The zero-order valence-electron chi connectivity index (χ0n) is 10.4. The molecule has 2 N–H and O–H groups in total. The van der Waals surface area contributed by atoms with Gasteiger partial charge < -0.3 is 20.1 Å². The van der Waals surface area contributed by atoms with Gasteiger partial charge in [-0.1, -0.05) is 0 Å². The van der Waals surface area contributed by atoms with Crippen molar-refractivity contribution in [2.45, 2.75) is 32.4 Å². The molecule has 0 radical (unpaired) electrons. The Morgan fingerprint density at radius 3 is 2.56 bits per heavy atom. The maximum atomic E-state index is 11.9. The highest BCUT2D eigenvalue weighted by molar-refractivity contribution is 5.80. The normalized spacial score (nSPS) is 19.6. The SMILES string of the molecule is CC(OCC(C)(C)N)C(=O)N1CCOCC1. The first-order valence-corrected chi connectivity index (χ1v) is 5.67. The van der Waals surface area contributed by atoms with Crippen LogP contribution in [0.2, 0.25) is 0 Å². The van der Waals surface area contributed by atoms with Crippen LogP contribution in [0, 0.1) is 0 Å². The van der Waals surface area contributed by atoms with Crippen molar-refractivity contribution in [2.75, 3.05) is 32.9 Å². The van der Waals surface area contributed by atoms with Crippen molar-refractivity contribution in [1.82, 2.24) is 4.90 Å². The van der Waals surface area contributed by atoms with Crippen LogP contribution >= 0.6 is 0 Å². The van der Waals surface area contributed by atoms with E-state index in [1.54, 1.807) is 11.8 Å². The van der Waals surface area contributed by atoms with Gasteiger partial charge in [0.15, 0.2) is 0 Å². The Balaban J connectivity index is 2.34. The number of carbonyl (C=O) groups is 1. The first kappa shape index (κ1) is 13.4. The van der Waals surface area contributed by atoms with E-state index in [1.165, 1.54) is 0 Å². The molecule has 94 valence electrons. The maximum absolute atomic E-state index is 11.9. The summed E-state index contributed by atoms with van der Waals surface area (Å²) in [6.45, 7) is 8.42. The number of rotatable bonds is 4. The summed E-state index contributed by atoms with van der Waals surface area (Å²) in [7, 11) is 0. The van der Waals surface area contributed by atoms with E-state index in [9.17, 15) is 4.79 Å². The Labute approximate surface area is 96.9 Å². The van der Waals surface area contributed by atoms with Gasteiger partial charge >= 0.3 is 0 Å². The molecule has 0 aliphatic carbocycles. The van der Waals surface area contributed by atoms with Crippen molar-refractivity contribution in [3.8, 4) is 0 Å². The molecule has 1 heterocycles. The van der Waals surface area contributed by atoms with Crippen LogP contribution in [0.1, 0.15) is 20.8 Å². The second-order valence-electron chi connectivity index (χ2n) is 4.88. The van der Waals surface area contributed by atoms with Crippen LogP contribution in [0.3, 0.4) is 0 Å². The highest BCUT2D eigenvalue weighted by Gasteiger charge is 2.24. The quantitative estimate of drug-likeness (QED) is 0.737. The second kappa shape index (κ2) is 5.61. The molecule has 1 saturated heterocycles. The predicted molar refractivity (Wildman–Crippen MR) is 61.1 cm³/mol. The maximum Gasteiger partial charge on any atom is 0.251 e. The van der Waals surface area contributed by atoms with E-state index in [2.05, 4.69) is 0 Å². The minimum Gasteiger partial charge on any atom is -0.378 e. The van der Waals surface area contributed by atoms with E-state index in [1.807, 2.05) is 13.8 Å². The van der Waals surface area contributed by atoms with E-state index < -0.39 is 11.6 Å². The lowest BCUT2D eigenvalue weighted by molar-refractivity contribution is -0.147. The fraction of sp³-hybridized carbons (Fsp3) is 0.909. The van der Waals surface area contributed by atoms with Crippen molar-refractivity contribution < 1.29 is 14.3 Å². The lowest BCUT2D eigenvalue weighted by atomic mass is 10.1. The van der Waals surface area contributed by atoms with Crippen molar-refractivity contribution in [2.24, 2.45) is 5.73 Å². The Morgan fingerprint density at radius 2 is 2.06 bits per heavy atom. The average molecular weight is 230 g/mol. The highest BCUT2D eigenvalue weighted by Crippen LogP contribution is 2.06. The van der Waals surface area contributed by atoms with Gasteiger partial charge in [0.25, 0.3) is 5.91 Å².